The molecule has 3 aromatic heterocycles. The van der Waals surface area contributed by atoms with Gasteiger partial charge in [0.05, 0.1) is 11.4 Å². The predicted molar refractivity (Wildman–Crippen MR) is 126 cm³/mol. The lowest BCUT2D eigenvalue weighted by Crippen LogP contribution is -2.33. The second kappa shape index (κ2) is 9.12. The van der Waals surface area contributed by atoms with Crippen LogP contribution in [0.15, 0.2) is 55.4 Å². The molecule has 0 bridgehead atoms. The fraction of sp³-hybridized carbons (Fsp3) is 0.333. The van der Waals surface area contributed by atoms with Crippen molar-refractivity contribution in [3.63, 3.8) is 0 Å². The van der Waals surface area contributed by atoms with Gasteiger partial charge in [-0.25, -0.2) is 15.0 Å². The standard InChI is InChI=1S/C24H29N7/c1-5-20-13-23(27-16-26-20)28-18(3)31-11-7-6-10-30(4)22-9-8-21(29-24(22)31)19-12-17(2)14-25-15-19/h8-9,12-16H,3,5-7,10-11H2,1-2,4H3,(H,26,27,28). The smallest absolute Gasteiger partial charge is 0.158 e. The van der Waals surface area contributed by atoms with Crippen molar-refractivity contribution in [2.45, 2.75) is 33.1 Å². The maximum absolute atomic E-state index is 5.07. The van der Waals surface area contributed by atoms with Crippen molar-refractivity contribution in [1.29, 1.82) is 0 Å². The lowest BCUT2D eigenvalue weighted by Gasteiger charge is -2.33. The van der Waals surface area contributed by atoms with E-state index < -0.39 is 0 Å². The topological polar surface area (TPSA) is 70.1 Å². The van der Waals surface area contributed by atoms with E-state index in [0.717, 1.165) is 78.0 Å². The van der Waals surface area contributed by atoms with Crippen molar-refractivity contribution in [1.82, 2.24) is 19.9 Å². The average molecular weight is 416 g/mol. The number of hydrogen-bond donors (Lipinski definition) is 1. The van der Waals surface area contributed by atoms with E-state index in [1.54, 1.807) is 6.33 Å². The van der Waals surface area contributed by atoms with Crippen LogP contribution in [0, 0.1) is 6.92 Å². The summed E-state index contributed by atoms with van der Waals surface area (Å²) >= 11 is 0. The highest BCUT2D eigenvalue weighted by Gasteiger charge is 2.22. The van der Waals surface area contributed by atoms with E-state index >= 15 is 0 Å². The van der Waals surface area contributed by atoms with E-state index in [1.807, 2.05) is 25.4 Å². The van der Waals surface area contributed by atoms with Gasteiger partial charge >= 0.3 is 0 Å². The lowest BCUT2D eigenvalue weighted by molar-refractivity contribution is 0.687. The van der Waals surface area contributed by atoms with Crippen LogP contribution >= 0.6 is 0 Å². The van der Waals surface area contributed by atoms with Crippen molar-refractivity contribution >= 4 is 17.3 Å². The molecule has 0 aliphatic carbocycles. The van der Waals surface area contributed by atoms with Gasteiger partial charge in [0, 0.05) is 49.9 Å². The van der Waals surface area contributed by atoms with E-state index in [0.29, 0.717) is 0 Å². The molecule has 0 unspecified atom stereocenters. The number of aromatic nitrogens is 4. The van der Waals surface area contributed by atoms with E-state index in [2.05, 4.69) is 68.8 Å². The number of nitrogens with zero attached hydrogens (tertiary/aromatic N) is 6. The molecule has 7 nitrogen and oxygen atoms in total. The van der Waals surface area contributed by atoms with Gasteiger partial charge in [0.2, 0.25) is 0 Å². The normalized spacial score (nSPS) is 13.9. The van der Waals surface area contributed by atoms with Gasteiger partial charge in [0.25, 0.3) is 0 Å². The van der Waals surface area contributed by atoms with Gasteiger partial charge in [0.15, 0.2) is 5.82 Å². The van der Waals surface area contributed by atoms with Crippen LogP contribution in [0.5, 0.6) is 0 Å². The zero-order valence-electron chi connectivity index (χ0n) is 18.5. The Morgan fingerprint density at radius 1 is 1.13 bits per heavy atom. The summed E-state index contributed by atoms with van der Waals surface area (Å²) in [4.78, 5) is 22.5. The van der Waals surface area contributed by atoms with Crippen LogP contribution in [-0.2, 0) is 6.42 Å². The molecule has 0 amide bonds. The number of anilines is 3. The summed E-state index contributed by atoms with van der Waals surface area (Å²) in [5.74, 6) is 2.39. The molecule has 1 N–H and O–H groups in total. The Balaban J connectivity index is 1.72. The zero-order valence-corrected chi connectivity index (χ0v) is 18.5. The van der Waals surface area contributed by atoms with Crippen molar-refractivity contribution in [3.05, 3.63) is 66.6 Å². The van der Waals surface area contributed by atoms with Crippen LogP contribution in [0.2, 0.25) is 0 Å². The third kappa shape index (κ3) is 4.66. The van der Waals surface area contributed by atoms with E-state index in [9.17, 15) is 0 Å². The monoisotopic (exact) mass is 415 g/mol. The van der Waals surface area contributed by atoms with E-state index in [1.165, 1.54) is 0 Å². The second-order valence-corrected chi connectivity index (χ2v) is 7.89. The molecule has 7 heteroatoms. The van der Waals surface area contributed by atoms with Crippen molar-refractivity contribution < 1.29 is 0 Å². The first-order valence-electron chi connectivity index (χ1n) is 10.7. The minimum Gasteiger partial charge on any atom is -0.372 e. The highest BCUT2D eigenvalue weighted by Crippen LogP contribution is 2.34. The fourth-order valence-corrected chi connectivity index (χ4v) is 3.78. The Morgan fingerprint density at radius 3 is 2.77 bits per heavy atom. The molecule has 4 heterocycles. The first-order chi connectivity index (χ1) is 15.0. The van der Waals surface area contributed by atoms with Crippen LogP contribution in [0.25, 0.3) is 11.3 Å². The van der Waals surface area contributed by atoms with Gasteiger partial charge in [-0.3, -0.25) is 4.98 Å². The van der Waals surface area contributed by atoms with Crippen molar-refractivity contribution in [3.8, 4) is 11.3 Å². The van der Waals surface area contributed by atoms with Gasteiger partial charge < -0.3 is 15.1 Å². The molecular formula is C24H29N7. The van der Waals surface area contributed by atoms with Crippen LogP contribution in [0.3, 0.4) is 0 Å². The molecule has 1 aliphatic rings. The Hall–Kier alpha value is -3.48. The lowest BCUT2D eigenvalue weighted by atomic mass is 10.1. The second-order valence-electron chi connectivity index (χ2n) is 7.89. The maximum Gasteiger partial charge on any atom is 0.158 e. The van der Waals surface area contributed by atoms with Gasteiger partial charge in [-0.05, 0) is 49.9 Å². The van der Waals surface area contributed by atoms with Crippen LogP contribution in [-0.4, -0.2) is 40.1 Å². The van der Waals surface area contributed by atoms with Gasteiger partial charge in [0.1, 0.15) is 18.0 Å². The number of fused-ring (bicyclic) bond motifs is 1. The Labute approximate surface area is 183 Å². The maximum atomic E-state index is 5.07. The summed E-state index contributed by atoms with van der Waals surface area (Å²) < 4.78 is 0. The summed E-state index contributed by atoms with van der Waals surface area (Å²) in [7, 11) is 2.12. The summed E-state index contributed by atoms with van der Waals surface area (Å²) in [6, 6.07) is 8.29. The molecule has 31 heavy (non-hydrogen) atoms. The minimum absolute atomic E-state index is 0.743. The summed E-state index contributed by atoms with van der Waals surface area (Å²) in [6.45, 7) is 10.3. The largest absolute Gasteiger partial charge is 0.372 e. The zero-order chi connectivity index (χ0) is 21.8. The first-order valence-corrected chi connectivity index (χ1v) is 10.7. The number of nitrogens with one attached hydrogen (secondary N) is 1. The first kappa shape index (κ1) is 20.8. The molecule has 0 fully saturated rings. The van der Waals surface area contributed by atoms with Crippen molar-refractivity contribution in [2.75, 3.05) is 35.3 Å². The number of pyridine rings is 2. The third-order valence-corrected chi connectivity index (χ3v) is 5.50. The van der Waals surface area contributed by atoms with Crippen molar-refractivity contribution in [2.24, 2.45) is 0 Å². The van der Waals surface area contributed by atoms with Crippen LogP contribution < -0.4 is 15.1 Å². The molecule has 0 aromatic carbocycles. The highest BCUT2D eigenvalue weighted by molar-refractivity contribution is 5.74. The number of aryl methyl sites for hydroxylation is 2. The van der Waals surface area contributed by atoms with Gasteiger partial charge in [-0.15, -0.1) is 0 Å². The molecule has 0 radical (unpaired) electrons. The molecule has 0 spiro atoms. The van der Waals surface area contributed by atoms with Crippen LogP contribution in [0.4, 0.5) is 17.3 Å². The quantitative estimate of drug-likeness (QED) is 0.661. The average Bonchev–Trinajstić information content (AvgIpc) is 2.77. The predicted octanol–water partition coefficient (Wildman–Crippen LogP) is 4.42. The molecular weight excluding hydrogens is 386 g/mol. The summed E-state index contributed by atoms with van der Waals surface area (Å²) in [5.41, 5.74) is 5.10. The Bertz CT molecular complexity index is 1080. The van der Waals surface area contributed by atoms with E-state index in [4.69, 9.17) is 4.98 Å². The molecule has 1 aliphatic heterocycles. The van der Waals surface area contributed by atoms with E-state index in [-0.39, 0.29) is 0 Å². The SMILES string of the molecule is C=C(Nc1cc(CC)ncn1)N1CCCCN(C)c2ccc(-c3cncc(C)c3)nc21. The molecule has 0 atom stereocenters. The molecule has 0 saturated heterocycles. The Kier molecular flexibility index (Phi) is 6.11. The molecule has 4 rings (SSSR count). The highest BCUT2D eigenvalue weighted by atomic mass is 15.3. The summed E-state index contributed by atoms with van der Waals surface area (Å²) in [5, 5.41) is 3.37. The third-order valence-electron chi connectivity index (χ3n) is 5.50. The molecule has 0 saturated carbocycles. The van der Waals surface area contributed by atoms with Crippen LogP contribution in [0.1, 0.15) is 31.0 Å². The van der Waals surface area contributed by atoms with Gasteiger partial charge in [-0.2, -0.15) is 0 Å². The summed E-state index contributed by atoms with van der Waals surface area (Å²) in [6.07, 6.45) is 8.32. The number of rotatable bonds is 5. The molecule has 3 aromatic rings. The number of hydrogen-bond acceptors (Lipinski definition) is 7. The Morgan fingerprint density at radius 2 is 1.97 bits per heavy atom. The fourth-order valence-electron chi connectivity index (χ4n) is 3.78. The molecule has 160 valence electrons. The van der Waals surface area contributed by atoms with Gasteiger partial charge in [-0.1, -0.05) is 13.5 Å². The minimum atomic E-state index is 0.743.